The van der Waals surface area contributed by atoms with E-state index in [1.54, 1.807) is 7.11 Å². The summed E-state index contributed by atoms with van der Waals surface area (Å²) in [5.41, 5.74) is 0.976. The number of hydrogen-bond acceptors (Lipinski definition) is 5. The number of methoxy groups -OCH3 is 1. The fraction of sp³-hybridized carbons (Fsp3) is 0.611. The Bertz CT molecular complexity index is 534. The predicted octanol–water partition coefficient (Wildman–Crippen LogP) is 2.69. The minimum Gasteiger partial charge on any atom is -0.493 e. The third-order valence-corrected chi connectivity index (χ3v) is 4.28. The summed E-state index contributed by atoms with van der Waals surface area (Å²) in [6, 6.07) is 8.04. The molecule has 1 aromatic rings. The summed E-state index contributed by atoms with van der Waals surface area (Å²) >= 11 is 0. The van der Waals surface area contributed by atoms with Crippen LogP contribution in [0, 0.1) is 11.3 Å². The number of piperazine rings is 1. The normalized spacial score (nSPS) is 17.5. The molecule has 1 heterocycles. The van der Waals surface area contributed by atoms with E-state index in [-0.39, 0.29) is 6.04 Å². The second-order valence-electron chi connectivity index (χ2n) is 5.98. The lowest BCUT2D eigenvalue weighted by molar-refractivity contribution is 0.132. The van der Waals surface area contributed by atoms with Crippen LogP contribution in [0.5, 0.6) is 11.5 Å². The molecule has 1 atom stereocenters. The van der Waals surface area contributed by atoms with Crippen molar-refractivity contribution in [3.8, 4) is 17.6 Å². The molecule has 1 unspecified atom stereocenters. The molecule has 1 fully saturated rings. The molecule has 0 amide bonds. The molecule has 0 aliphatic carbocycles. The number of ether oxygens (including phenoxy) is 2. The lowest BCUT2D eigenvalue weighted by Gasteiger charge is -2.35. The molecule has 5 heteroatoms. The van der Waals surface area contributed by atoms with Gasteiger partial charge in [-0.2, -0.15) is 5.26 Å². The largest absolute Gasteiger partial charge is 0.493 e. The van der Waals surface area contributed by atoms with Crippen molar-refractivity contribution >= 4 is 0 Å². The molecule has 0 bridgehead atoms. The molecule has 0 spiro atoms. The Labute approximate surface area is 139 Å². The summed E-state index contributed by atoms with van der Waals surface area (Å²) < 4.78 is 11.2. The molecule has 1 aliphatic heterocycles. The van der Waals surface area contributed by atoms with Crippen molar-refractivity contribution in [3.63, 3.8) is 0 Å². The maximum atomic E-state index is 9.65. The highest BCUT2D eigenvalue weighted by Gasteiger charge is 2.24. The van der Waals surface area contributed by atoms with Crippen LogP contribution in [0.15, 0.2) is 18.2 Å². The molecule has 5 nitrogen and oxygen atoms in total. The van der Waals surface area contributed by atoms with E-state index in [0.29, 0.717) is 6.61 Å². The predicted molar refractivity (Wildman–Crippen MR) is 90.8 cm³/mol. The van der Waals surface area contributed by atoms with Crippen molar-refractivity contribution in [1.82, 2.24) is 9.80 Å². The second kappa shape index (κ2) is 8.76. The zero-order chi connectivity index (χ0) is 16.7. The number of unbranched alkanes of at least 4 members (excludes halogenated alkanes) is 1. The third kappa shape index (κ3) is 4.60. The van der Waals surface area contributed by atoms with Crippen molar-refractivity contribution in [2.24, 2.45) is 0 Å². The Morgan fingerprint density at radius 1 is 1.22 bits per heavy atom. The van der Waals surface area contributed by atoms with E-state index in [1.807, 2.05) is 18.2 Å². The van der Waals surface area contributed by atoms with E-state index in [1.165, 1.54) is 0 Å². The molecular formula is C18H27N3O2. The average Bonchev–Trinajstić information content (AvgIpc) is 2.58. The Morgan fingerprint density at radius 3 is 2.57 bits per heavy atom. The van der Waals surface area contributed by atoms with Crippen LogP contribution in [0.2, 0.25) is 0 Å². The van der Waals surface area contributed by atoms with E-state index >= 15 is 0 Å². The van der Waals surface area contributed by atoms with Gasteiger partial charge in [0.1, 0.15) is 6.04 Å². The number of likely N-dealkylation sites (N-methyl/N-ethyl adjacent to an activating group) is 1. The number of rotatable bonds is 7. The van der Waals surface area contributed by atoms with E-state index in [0.717, 1.165) is 56.1 Å². The van der Waals surface area contributed by atoms with Crippen LogP contribution in [0.4, 0.5) is 0 Å². The second-order valence-corrected chi connectivity index (χ2v) is 5.98. The van der Waals surface area contributed by atoms with Crippen molar-refractivity contribution in [1.29, 1.82) is 5.26 Å². The zero-order valence-corrected chi connectivity index (χ0v) is 14.4. The van der Waals surface area contributed by atoms with Gasteiger partial charge in [-0.05, 0) is 31.2 Å². The van der Waals surface area contributed by atoms with Gasteiger partial charge < -0.3 is 14.4 Å². The highest BCUT2D eigenvalue weighted by Crippen LogP contribution is 2.32. The summed E-state index contributed by atoms with van der Waals surface area (Å²) in [6.07, 6.45) is 2.09. The van der Waals surface area contributed by atoms with Crippen molar-refractivity contribution in [2.75, 3.05) is 46.9 Å². The van der Waals surface area contributed by atoms with Gasteiger partial charge in [0.15, 0.2) is 11.5 Å². The molecule has 0 N–H and O–H groups in total. The van der Waals surface area contributed by atoms with Crippen LogP contribution in [0.3, 0.4) is 0 Å². The minimum absolute atomic E-state index is 0.233. The molecule has 126 valence electrons. The van der Waals surface area contributed by atoms with Gasteiger partial charge in [0.25, 0.3) is 0 Å². The monoisotopic (exact) mass is 317 g/mol. The number of benzene rings is 1. The Hall–Kier alpha value is -1.77. The maximum absolute atomic E-state index is 9.65. The topological polar surface area (TPSA) is 48.7 Å². The van der Waals surface area contributed by atoms with Crippen molar-refractivity contribution < 1.29 is 9.47 Å². The number of hydrogen-bond donors (Lipinski definition) is 0. The molecule has 1 aromatic carbocycles. The van der Waals surface area contributed by atoms with E-state index in [9.17, 15) is 5.26 Å². The molecule has 1 saturated heterocycles. The minimum atomic E-state index is -0.233. The van der Waals surface area contributed by atoms with Crippen molar-refractivity contribution in [3.05, 3.63) is 23.8 Å². The fourth-order valence-electron chi connectivity index (χ4n) is 2.75. The standard InChI is InChI=1S/C18H27N3O2/c1-4-5-12-23-18-13-15(6-7-17(18)22-3)16(14-19)21-10-8-20(2)9-11-21/h6-7,13,16H,4-5,8-12H2,1-3H3. The molecule has 0 aromatic heterocycles. The smallest absolute Gasteiger partial charge is 0.161 e. The van der Waals surface area contributed by atoms with Gasteiger partial charge in [-0.3, -0.25) is 4.90 Å². The Morgan fingerprint density at radius 2 is 1.96 bits per heavy atom. The van der Waals surface area contributed by atoms with E-state index in [2.05, 4.69) is 29.8 Å². The highest BCUT2D eigenvalue weighted by atomic mass is 16.5. The molecule has 0 saturated carbocycles. The lowest BCUT2D eigenvalue weighted by Crippen LogP contribution is -2.45. The number of nitriles is 1. The molecule has 2 rings (SSSR count). The SMILES string of the molecule is CCCCOc1cc(C(C#N)N2CCN(C)CC2)ccc1OC. The van der Waals surface area contributed by atoms with Gasteiger partial charge >= 0.3 is 0 Å². The third-order valence-electron chi connectivity index (χ3n) is 4.28. The first-order valence-corrected chi connectivity index (χ1v) is 8.32. The van der Waals surface area contributed by atoms with Crippen LogP contribution in [-0.2, 0) is 0 Å². The summed E-state index contributed by atoms with van der Waals surface area (Å²) in [4.78, 5) is 4.52. The van der Waals surface area contributed by atoms with Gasteiger partial charge in [-0.15, -0.1) is 0 Å². The fourth-order valence-corrected chi connectivity index (χ4v) is 2.75. The van der Waals surface area contributed by atoms with E-state index < -0.39 is 0 Å². The summed E-state index contributed by atoms with van der Waals surface area (Å²) in [5, 5.41) is 9.65. The first kappa shape index (κ1) is 17.6. The number of nitrogens with zero attached hydrogens (tertiary/aromatic N) is 3. The van der Waals surface area contributed by atoms with Gasteiger partial charge in [-0.1, -0.05) is 19.4 Å². The summed E-state index contributed by atoms with van der Waals surface area (Å²) in [6.45, 7) is 6.61. The van der Waals surface area contributed by atoms with E-state index in [4.69, 9.17) is 9.47 Å². The Balaban J connectivity index is 2.16. The van der Waals surface area contributed by atoms with Crippen LogP contribution in [0.1, 0.15) is 31.4 Å². The van der Waals surface area contributed by atoms with Gasteiger partial charge in [0.2, 0.25) is 0 Å². The lowest BCUT2D eigenvalue weighted by atomic mass is 10.0. The first-order chi connectivity index (χ1) is 11.2. The average molecular weight is 317 g/mol. The van der Waals surface area contributed by atoms with Gasteiger partial charge in [0.05, 0.1) is 19.8 Å². The Kier molecular flexibility index (Phi) is 6.69. The highest BCUT2D eigenvalue weighted by molar-refractivity contribution is 5.45. The maximum Gasteiger partial charge on any atom is 0.161 e. The summed E-state index contributed by atoms with van der Waals surface area (Å²) in [7, 11) is 3.76. The zero-order valence-electron chi connectivity index (χ0n) is 14.4. The van der Waals surface area contributed by atoms with Crippen LogP contribution in [-0.4, -0.2) is 56.7 Å². The van der Waals surface area contributed by atoms with Crippen LogP contribution < -0.4 is 9.47 Å². The quantitative estimate of drug-likeness (QED) is 0.724. The van der Waals surface area contributed by atoms with Crippen molar-refractivity contribution in [2.45, 2.75) is 25.8 Å². The summed E-state index contributed by atoms with van der Waals surface area (Å²) in [5.74, 6) is 1.45. The van der Waals surface area contributed by atoms with Crippen LogP contribution in [0.25, 0.3) is 0 Å². The molecular weight excluding hydrogens is 290 g/mol. The van der Waals surface area contributed by atoms with Gasteiger partial charge in [0, 0.05) is 26.2 Å². The molecule has 0 radical (unpaired) electrons. The van der Waals surface area contributed by atoms with Gasteiger partial charge in [-0.25, -0.2) is 0 Å². The van der Waals surface area contributed by atoms with Crippen LogP contribution >= 0.6 is 0 Å². The molecule has 23 heavy (non-hydrogen) atoms. The molecule has 1 aliphatic rings. The first-order valence-electron chi connectivity index (χ1n) is 8.32.